The van der Waals surface area contributed by atoms with Crippen LogP contribution in [0.4, 0.5) is 10.1 Å². The number of esters is 1. The van der Waals surface area contributed by atoms with E-state index in [4.69, 9.17) is 27.3 Å². The van der Waals surface area contributed by atoms with Crippen molar-refractivity contribution in [2.45, 2.75) is 31.3 Å². The maximum absolute atomic E-state index is 13.8. The van der Waals surface area contributed by atoms with Gasteiger partial charge in [0.25, 0.3) is 0 Å². The molecule has 1 aromatic carbocycles. The van der Waals surface area contributed by atoms with Crippen LogP contribution in [-0.2, 0) is 19.6 Å². The second-order valence-corrected chi connectivity index (χ2v) is 6.26. The zero-order chi connectivity index (χ0) is 24.2. The third kappa shape index (κ3) is 4.23. The van der Waals surface area contributed by atoms with Gasteiger partial charge < -0.3 is 4.74 Å². The van der Waals surface area contributed by atoms with Gasteiger partial charge in [-0.3, -0.25) is 4.72 Å². The first-order valence-electron chi connectivity index (χ1n) is 10.3. The first-order chi connectivity index (χ1) is 13.9. The molecule has 0 saturated heterocycles. The fraction of sp³-hybridized carbons (Fsp3) is 0.400. The largest absolute Gasteiger partial charge is 0.463 e. The van der Waals surface area contributed by atoms with Gasteiger partial charge >= 0.3 is 5.97 Å². The quantitative estimate of drug-likeness (QED) is 0.808. The molecule has 0 spiro atoms. The van der Waals surface area contributed by atoms with Crippen molar-refractivity contribution in [2.75, 3.05) is 11.3 Å². The molecule has 2 rings (SSSR count). The Morgan fingerprint density at radius 1 is 1.65 bits per heavy atom. The lowest BCUT2D eigenvalue weighted by molar-refractivity contribution is -0.138. The van der Waals surface area contributed by atoms with E-state index < -0.39 is 80.6 Å². The van der Waals surface area contributed by atoms with Crippen molar-refractivity contribution in [2.24, 2.45) is 0 Å². The molecular formula is C15H17ClFNO4S. The van der Waals surface area contributed by atoms with E-state index in [9.17, 15) is 17.6 Å². The minimum atomic E-state index is -5.21. The van der Waals surface area contributed by atoms with E-state index in [0.29, 0.717) is 6.08 Å². The normalized spacial score (nSPS) is 30.8. The molecule has 1 unspecified atom stereocenters. The van der Waals surface area contributed by atoms with E-state index in [1.165, 1.54) is 6.92 Å². The maximum atomic E-state index is 13.8. The van der Waals surface area contributed by atoms with E-state index in [0.717, 1.165) is 0 Å². The number of nitrogens with one attached hydrogen (secondary N) is 1. The summed E-state index contributed by atoms with van der Waals surface area (Å²) in [5.41, 5.74) is -1.93. The molecule has 0 bridgehead atoms. The number of carbonyl (C=O) groups is 1. The minimum absolute atomic E-state index is 0.249. The summed E-state index contributed by atoms with van der Waals surface area (Å²) < 4.78 is 109. The van der Waals surface area contributed by atoms with Gasteiger partial charge in [-0.05, 0) is 44.2 Å². The van der Waals surface area contributed by atoms with Gasteiger partial charge in [0.1, 0.15) is 11.0 Å². The molecule has 8 heteroatoms. The number of hydrogen-bond donors (Lipinski definition) is 1. The third-order valence-corrected chi connectivity index (χ3v) is 4.43. The van der Waals surface area contributed by atoms with Crippen LogP contribution in [-0.4, -0.2) is 26.2 Å². The lowest BCUT2D eigenvalue weighted by Gasteiger charge is -2.24. The number of benzene rings is 1. The summed E-state index contributed by atoms with van der Waals surface area (Å²) in [6, 6.07) is -3.29. The molecule has 1 aliphatic carbocycles. The van der Waals surface area contributed by atoms with Gasteiger partial charge in [0, 0.05) is 5.48 Å². The molecule has 1 N–H and O–H groups in total. The van der Waals surface area contributed by atoms with Gasteiger partial charge in [-0.15, -0.1) is 0 Å². The monoisotopic (exact) mass is 369 g/mol. The number of halogens is 2. The average molecular weight is 370 g/mol. The standard InChI is InChI=1S/C15H17ClFNO4S/c1-2-22-15(19)11-5-3-4-6-14(11)23(20,21)18-13-8-7-10(17)9-12(13)16/h5,7-9,14,18H,2-4,6H2,1H3/i3D2,4D2,7D,8D,9D,14D. The molecule has 0 fully saturated rings. The Balaban J connectivity index is 2.72. The van der Waals surface area contributed by atoms with Gasteiger partial charge in [0.2, 0.25) is 10.0 Å². The van der Waals surface area contributed by atoms with Gasteiger partial charge in [-0.1, -0.05) is 17.7 Å². The Hall–Kier alpha value is -1.60. The number of rotatable bonds is 5. The van der Waals surface area contributed by atoms with Crippen LogP contribution in [0.15, 0.2) is 29.8 Å². The Morgan fingerprint density at radius 2 is 2.39 bits per heavy atom. The highest BCUT2D eigenvalue weighted by atomic mass is 35.5. The van der Waals surface area contributed by atoms with Crippen molar-refractivity contribution >= 4 is 33.3 Å². The summed E-state index contributed by atoms with van der Waals surface area (Å²) in [6.45, 7) is 1.13. The number of ether oxygens (including phenoxy) is 1. The molecule has 126 valence electrons. The highest BCUT2D eigenvalue weighted by molar-refractivity contribution is 7.93. The summed E-state index contributed by atoms with van der Waals surface area (Å²) in [5.74, 6) is -2.85. The van der Waals surface area contributed by atoms with Crippen molar-refractivity contribution in [3.05, 3.63) is 40.6 Å². The SMILES string of the molecule is [2H]c1c([2H])c(NS(=O)(=O)C2([2H])CC([2H])([2H])C([2H])([2H])C=C2C(=O)OCC)c(Cl)c([2H])c1F. The molecule has 0 heterocycles. The summed E-state index contributed by atoms with van der Waals surface area (Å²) in [5, 5.41) is -4.04. The Kier molecular flexibility index (Phi) is 3.06. The molecule has 23 heavy (non-hydrogen) atoms. The fourth-order valence-electron chi connectivity index (χ4n) is 1.68. The predicted octanol–water partition coefficient (Wildman–Crippen LogP) is 3.26. The third-order valence-electron chi connectivity index (χ3n) is 2.66. The molecule has 0 saturated carbocycles. The number of sulfonamides is 1. The number of carbonyl (C=O) groups excluding carboxylic acids is 1. The van der Waals surface area contributed by atoms with Crippen molar-refractivity contribution < 1.29 is 33.3 Å². The van der Waals surface area contributed by atoms with Crippen molar-refractivity contribution in [3.63, 3.8) is 0 Å². The van der Waals surface area contributed by atoms with Crippen molar-refractivity contribution in [1.29, 1.82) is 0 Å². The second-order valence-electron chi connectivity index (χ2n) is 4.18. The molecule has 1 aromatic rings. The predicted molar refractivity (Wildman–Crippen MR) is 86.3 cm³/mol. The van der Waals surface area contributed by atoms with Crippen LogP contribution in [0.5, 0.6) is 0 Å². The van der Waals surface area contributed by atoms with Crippen LogP contribution in [0.2, 0.25) is 5.02 Å². The van der Waals surface area contributed by atoms with Crippen LogP contribution in [0.3, 0.4) is 0 Å². The number of hydrogen-bond acceptors (Lipinski definition) is 4. The maximum Gasteiger partial charge on any atom is 0.335 e. The molecule has 0 amide bonds. The molecule has 0 aromatic heterocycles. The molecule has 5 nitrogen and oxygen atoms in total. The summed E-state index contributed by atoms with van der Waals surface area (Å²) in [6.07, 6.45) is -6.73. The minimum Gasteiger partial charge on any atom is -0.463 e. The zero-order valence-corrected chi connectivity index (χ0v) is 13.4. The number of anilines is 1. The molecule has 0 radical (unpaired) electrons. The highest BCUT2D eigenvalue weighted by Crippen LogP contribution is 2.30. The Labute approximate surface area is 150 Å². The van der Waals surface area contributed by atoms with Crippen molar-refractivity contribution in [3.8, 4) is 0 Å². The van der Waals surface area contributed by atoms with E-state index in [1.807, 2.05) is 0 Å². The highest BCUT2D eigenvalue weighted by Gasteiger charge is 2.35. The Morgan fingerprint density at radius 3 is 3.09 bits per heavy atom. The van der Waals surface area contributed by atoms with E-state index in [2.05, 4.69) is 0 Å². The van der Waals surface area contributed by atoms with E-state index >= 15 is 0 Å². The van der Waals surface area contributed by atoms with Crippen LogP contribution in [0, 0.1) is 5.82 Å². The average Bonchev–Trinajstić information content (AvgIpc) is 2.65. The van der Waals surface area contributed by atoms with Crippen molar-refractivity contribution in [1.82, 2.24) is 0 Å². The molecule has 1 aliphatic rings. The molecular weight excluding hydrogens is 345 g/mol. The Bertz CT molecular complexity index is 1050. The topological polar surface area (TPSA) is 72.5 Å². The number of allylic oxidation sites excluding steroid dienone is 1. The fourth-order valence-corrected chi connectivity index (χ4v) is 3.15. The zero-order valence-electron chi connectivity index (χ0n) is 19.8. The van der Waals surface area contributed by atoms with Gasteiger partial charge in [-0.2, -0.15) is 0 Å². The molecule has 0 aliphatic heterocycles. The lowest BCUT2D eigenvalue weighted by atomic mass is 9.99. The van der Waals surface area contributed by atoms with Crippen LogP contribution in [0.1, 0.15) is 37.1 Å². The van der Waals surface area contributed by atoms with Crippen LogP contribution < -0.4 is 4.72 Å². The summed E-state index contributed by atoms with van der Waals surface area (Å²) >= 11 is 5.76. The first-order valence-corrected chi connectivity index (χ1v) is 8.17. The lowest BCUT2D eigenvalue weighted by Crippen LogP contribution is -2.34. The first kappa shape index (κ1) is 9.64. The molecule has 1 atom stereocenters. The van der Waals surface area contributed by atoms with Crippen LogP contribution in [0.25, 0.3) is 0 Å². The van der Waals surface area contributed by atoms with Gasteiger partial charge in [-0.25, -0.2) is 17.6 Å². The summed E-state index contributed by atoms with van der Waals surface area (Å²) in [4.78, 5) is 12.3. The van der Waals surface area contributed by atoms with Crippen LogP contribution >= 0.6 is 11.6 Å². The smallest absolute Gasteiger partial charge is 0.335 e. The van der Waals surface area contributed by atoms with E-state index in [-0.39, 0.29) is 6.61 Å². The summed E-state index contributed by atoms with van der Waals surface area (Å²) in [7, 11) is -5.21. The van der Waals surface area contributed by atoms with Gasteiger partial charge in [0.15, 0.2) is 0 Å². The van der Waals surface area contributed by atoms with Gasteiger partial charge in [0.05, 0.1) is 28.4 Å². The second kappa shape index (κ2) is 7.31. The van der Waals surface area contributed by atoms with E-state index in [1.54, 1.807) is 4.72 Å².